The number of amides is 1. The largest absolute Gasteiger partial charge is 0.467 e. The van der Waals surface area contributed by atoms with E-state index in [9.17, 15) is 4.79 Å². The zero-order valence-electron chi connectivity index (χ0n) is 14.2. The van der Waals surface area contributed by atoms with Crippen molar-refractivity contribution in [3.05, 3.63) is 68.2 Å². The zero-order valence-corrected chi connectivity index (χ0v) is 17.4. The lowest BCUT2D eigenvalue weighted by atomic mass is 10.2. The van der Waals surface area contributed by atoms with Gasteiger partial charge in [0.15, 0.2) is 5.13 Å². The minimum Gasteiger partial charge on any atom is -0.467 e. The normalized spacial score (nSPS) is 11.2. The van der Waals surface area contributed by atoms with E-state index in [1.807, 2.05) is 31.2 Å². The monoisotopic (exact) mass is 436 g/mol. The van der Waals surface area contributed by atoms with E-state index in [1.54, 1.807) is 23.3 Å². The lowest BCUT2D eigenvalue weighted by molar-refractivity contribution is -0.118. The van der Waals surface area contributed by atoms with Crippen molar-refractivity contribution in [1.82, 2.24) is 4.98 Å². The van der Waals surface area contributed by atoms with Gasteiger partial charge in [-0.05, 0) is 42.8 Å². The SMILES string of the molecule is Cc1ccc(Cl)c2sc(N(Cc3ccco3)C(=O)Cc3ccc(Cl)s3)nc12. The van der Waals surface area contributed by atoms with Crippen LogP contribution in [0.4, 0.5) is 5.13 Å². The van der Waals surface area contributed by atoms with Crippen LogP contribution in [-0.2, 0) is 17.8 Å². The summed E-state index contributed by atoms with van der Waals surface area (Å²) >= 11 is 15.1. The summed E-state index contributed by atoms with van der Waals surface area (Å²) in [6.45, 7) is 2.29. The maximum absolute atomic E-state index is 13.1. The van der Waals surface area contributed by atoms with Crippen LogP contribution in [0.5, 0.6) is 0 Å². The molecule has 0 aliphatic carbocycles. The van der Waals surface area contributed by atoms with Gasteiger partial charge in [-0.1, -0.05) is 40.6 Å². The molecule has 0 radical (unpaired) electrons. The van der Waals surface area contributed by atoms with Crippen LogP contribution in [0.3, 0.4) is 0 Å². The van der Waals surface area contributed by atoms with Crippen LogP contribution in [0.15, 0.2) is 47.1 Å². The van der Waals surface area contributed by atoms with Crippen LogP contribution in [0.2, 0.25) is 9.36 Å². The Morgan fingerprint density at radius 3 is 2.70 bits per heavy atom. The van der Waals surface area contributed by atoms with Crippen LogP contribution < -0.4 is 4.90 Å². The quantitative estimate of drug-likeness (QED) is 0.366. The Morgan fingerprint density at radius 2 is 2.04 bits per heavy atom. The number of furan rings is 1. The Bertz CT molecular complexity index is 1060. The summed E-state index contributed by atoms with van der Waals surface area (Å²) in [5.41, 5.74) is 1.84. The lowest BCUT2D eigenvalue weighted by Crippen LogP contribution is -2.31. The predicted molar refractivity (Wildman–Crippen MR) is 112 cm³/mol. The van der Waals surface area contributed by atoms with Gasteiger partial charge in [0, 0.05) is 4.88 Å². The average molecular weight is 437 g/mol. The van der Waals surface area contributed by atoms with Crippen LogP contribution in [0, 0.1) is 6.92 Å². The molecule has 3 aromatic heterocycles. The maximum Gasteiger partial charge on any atom is 0.234 e. The minimum absolute atomic E-state index is 0.0715. The standard InChI is InChI=1S/C19H14Cl2N2O2S2/c1-11-4-6-14(20)18-17(11)22-19(27-18)23(10-12-3-2-8-25-12)16(24)9-13-5-7-15(21)26-13/h2-8H,9-10H2,1H3. The van der Waals surface area contributed by atoms with Gasteiger partial charge in [-0.2, -0.15) is 0 Å². The fourth-order valence-electron chi connectivity index (χ4n) is 2.72. The third kappa shape index (κ3) is 3.89. The van der Waals surface area contributed by atoms with E-state index in [4.69, 9.17) is 32.6 Å². The lowest BCUT2D eigenvalue weighted by Gasteiger charge is -2.18. The molecular formula is C19H14Cl2N2O2S2. The molecule has 138 valence electrons. The molecule has 3 heterocycles. The van der Waals surface area contributed by atoms with Crippen molar-refractivity contribution in [2.24, 2.45) is 0 Å². The number of aryl methyl sites for hydroxylation is 1. The van der Waals surface area contributed by atoms with Gasteiger partial charge in [-0.15, -0.1) is 11.3 Å². The Labute approximate surface area is 174 Å². The van der Waals surface area contributed by atoms with Crippen LogP contribution in [0.25, 0.3) is 10.2 Å². The fourth-order valence-corrected chi connectivity index (χ4v) is 5.13. The highest BCUT2D eigenvalue weighted by Crippen LogP contribution is 2.36. The number of fused-ring (bicyclic) bond motifs is 1. The molecule has 0 aliphatic rings. The highest BCUT2D eigenvalue weighted by Gasteiger charge is 2.23. The molecule has 0 unspecified atom stereocenters. The first-order valence-corrected chi connectivity index (χ1v) is 10.5. The van der Waals surface area contributed by atoms with Crippen molar-refractivity contribution < 1.29 is 9.21 Å². The van der Waals surface area contributed by atoms with Crippen molar-refractivity contribution in [2.75, 3.05) is 4.90 Å². The molecule has 4 nitrogen and oxygen atoms in total. The van der Waals surface area contributed by atoms with Crippen LogP contribution in [0.1, 0.15) is 16.2 Å². The second-order valence-electron chi connectivity index (χ2n) is 5.98. The zero-order chi connectivity index (χ0) is 19.0. The maximum atomic E-state index is 13.1. The van der Waals surface area contributed by atoms with Crippen LogP contribution >= 0.6 is 45.9 Å². The number of hydrogen-bond donors (Lipinski definition) is 0. The Hall–Kier alpha value is -1.86. The van der Waals surface area contributed by atoms with Gasteiger partial charge in [-0.3, -0.25) is 9.69 Å². The second-order valence-corrected chi connectivity index (χ2v) is 9.16. The highest BCUT2D eigenvalue weighted by molar-refractivity contribution is 7.23. The van der Waals surface area contributed by atoms with Crippen LogP contribution in [-0.4, -0.2) is 10.9 Å². The van der Waals surface area contributed by atoms with Gasteiger partial charge < -0.3 is 4.42 Å². The number of aromatic nitrogens is 1. The number of nitrogens with zero attached hydrogens (tertiary/aromatic N) is 2. The molecule has 1 aromatic carbocycles. The molecule has 4 aromatic rings. The van der Waals surface area contributed by atoms with E-state index in [1.165, 1.54) is 22.7 Å². The Kier molecular flexibility index (Phi) is 5.23. The summed E-state index contributed by atoms with van der Waals surface area (Å²) in [7, 11) is 0. The summed E-state index contributed by atoms with van der Waals surface area (Å²) < 4.78 is 6.99. The molecule has 0 spiro atoms. The first-order chi connectivity index (χ1) is 13.0. The third-order valence-corrected chi connectivity index (χ3v) is 6.84. The van der Waals surface area contributed by atoms with Gasteiger partial charge in [0.25, 0.3) is 0 Å². The molecule has 0 atom stereocenters. The molecule has 0 saturated heterocycles. The van der Waals surface area contributed by atoms with Gasteiger partial charge in [0.05, 0.1) is 38.8 Å². The van der Waals surface area contributed by atoms with E-state index < -0.39 is 0 Å². The number of anilines is 1. The minimum atomic E-state index is -0.0715. The van der Waals surface area contributed by atoms with E-state index in [-0.39, 0.29) is 12.3 Å². The number of hydrogen-bond acceptors (Lipinski definition) is 5. The van der Waals surface area contributed by atoms with E-state index in [0.717, 1.165) is 20.7 Å². The first-order valence-electron chi connectivity index (χ1n) is 8.14. The molecule has 0 aliphatic heterocycles. The number of thiophene rings is 1. The number of carbonyl (C=O) groups is 1. The number of thiazole rings is 1. The molecule has 0 fully saturated rings. The smallest absolute Gasteiger partial charge is 0.234 e. The predicted octanol–water partition coefficient (Wildman–Crippen LogP) is 6.34. The van der Waals surface area contributed by atoms with Gasteiger partial charge in [-0.25, -0.2) is 4.98 Å². The number of carbonyl (C=O) groups excluding carboxylic acids is 1. The Morgan fingerprint density at radius 1 is 1.19 bits per heavy atom. The molecule has 27 heavy (non-hydrogen) atoms. The summed E-state index contributed by atoms with van der Waals surface area (Å²) in [6, 6.07) is 11.1. The molecule has 8 heteroatoms. The fraction of sp³-hybridized carbons (Fsp3) is 0.158. The molecule has 4 rings (SSSR count). The van der Waals surface area contributed by atoms with Crippen molar-refractivity contribution in [3.8, 4) is 0 Å². The topological polar surface area (TPSA) is 46.3 Å². The van der Waals surface area contributed by atoms with Gasteiger partial charge in [0.2, 0.25) is 5.91 Å². The summed E-state index contributed by atoms with van der Waals surface area (Å²) in [6.07, 6.45) is 1.84. The molecule has 0 saturated carbocycles. The van der Waals surface area contributed by atoms with E-state index in [2.05, 4.69) is 0 Å². The van der Waals surface area contributed by atoms with E-state index >= 15 is 0 Å². The van der Waals surface area contributed by atoms with Gasteiger partial charge in [0.1, 0.15) is 5.76 Å². The highest BCUT2D eigenvalue weighted by atomic mass is 35.5. The number of halogens is 2. The summed E-state index contributed by atoms with van der Waals surface area (Å²) in [4.78, 5) is 20.3. The van der Waals surface area contributed by atoms with Crippen molar-refractivity contribution in [2.45, 2.75) is 19.9 Å². The van der Waals surface area contributed by atoms with Crippen molar-refractivity contribution in [3.63, 3.8) is 0 Å². The van der Waals surface area contributed by atoms with Crippen molar-refractivity contribution in [1.29, 1.82) is 0 Å². The summed E-state index contributed by atoms with van der Waals surface area (Å²) in [5, 5.41) is 1.24. The molecule has 0 N–H and O–H groups in total. The first kappa shape index (κ1) is 18.5. The number of rotatable bonds is 5. The van der Waals surface area contributed by atoms with Crippen molar-refractivity contribution >= 4 is 67.1 Å². The average Bonchev–Trinajstić information content (AvgIpc) is 3.37. The van der Waals surface area contributed by atoms with E-state index in [0.29, 0.717) is 26.8 Å². The molecule has 0 bridgehead atoms. The second kappa shape index (κ2) is 7.64. The Balaban J connectivity index is 1.72. The third-order valence-electron chi connectivity index (χ3n) is 4.07. The summed E-state index contributed by atoms with van der Waals surface area (Å²) in [5.74, 6) is 0.618. The molecular weight excluding hydrogens is 423 g/mol. The molecule has 1 amide bonds. The number of benzene rings is 1. The van der Waals surface area contributed by atoms with Gasteiger partial charge >= 0.3 is 0 Å².